The largest absolute Gasteiger partial charge is 0.478 e. The molecule has 1 aromatic heterocycles. The van der Waals surface area contributed by atoms with Gasteiger partial charge < -0.3 is 10.4 Å². The third kappa shape index (κ3) is 7.09. The minimum Gasteiger partial charge on any atom is -0.478 e. The molecule has 0 unspecified atom stereocenters. The summed E-state index contributed by atoms with van der Waals surface area (Å²) in [7, 11) is 1.76. The van der Waals surface area contributed by atoms with Crippen molar-refractivity contribution in [2.45, 2.75) is 31.6 Å². The number of hydrogen-bond acceptors (Lipinski definition) is 5. The number of nitrogens with zero attached hydrogens (tertiary/aromatic N) is 4. The number of amides is 2. The number of hydrogen-bond donors (Lipinski definition) is 2. The lowest BCUT2D eigenvalue weighted by Gasteiger charge is -2.38. The molecule has 3 aromatic carbocycles. The SMILES string of the molecule is CCN1C(=O)[C@H](NC(=O)c2cccc(C(F)(F)F)c2)[C@H](c2ccc(F)cc2)c2c(CN(C)CC=CC(=O)O)nn(-c3ccccc3)c21. The summed E-state index contributed by atoms with van der Waals surface area (Å²) in [5.74, 6) is -3.55. The zero-order valence-electron chi connectivity index (χ0n) is 25.4. The van der Waals surface area contributed by atoms with Crippen molar-refractivity contribution >= 4 is 23.6 Å². The predicted octanol–water partition coefficient (Wildman–Crippen LogP) is 5.40. The maximum absolute atomic E-state index is 14.3. The highest BCUT2D eigenvalue weighted by Crippen LogP contribution is 2.44. The van der Waals surface area contributed by atoms with E-state index in [1.54, 1.807) is 18.7 Å². The Labute approximate surface area is 267 Å². The fraction of sp³-hybridized carbons (Fsp3) is 0.235. The van der Waals surface area contributed by atoms with Crippen LogP contribution in [0.5, 0.6) is 0 Å². The molecule has 2 atom stereocenters. The Morgan fingerprint density at radius 2 is 1.74 bits per heavy atom. The summed E-state index contributed by atoms with van der Waals surface area (Å²) in [6.07, 6.45) is -2.19. The number of carboxylic acid groups (broad SMARTS) is 1. The zero-order chi connectivity index (χ0) is 33.9. The van der Waals surface area contributed by atoms with Gasteiger partial charge in [-0.2, -0.15) is 18.3 Å². The second-order valence-electron chi connectivity index (χ2n) is 11.0. The Bertz CT molecular complexity index is 1810. The van der Waals surface area contributed by atoms with Crippen molar-refractivity contribution in [2.75, 3.05) is 25.0 Å². The summed E-state index contributed by atoms with van der Waals surface area (Å²) in [5, 5.41) is 16.6. The molecule has 0 bridgehead atoms. The smallest absolute Gasteiger partial charge is 0.416 e. The number of para-hydroxylation sites is 1. The fourth-order valence-electron chi connectivity index (χ4n) is 5.69. The Morgan fingerprint density at radius 3 is 2.38 bits per heavy atom. The Balaban J connectivity index is 1.68. The van der Waals surface area contributed by atoms with Gasteiger partial charge in [0.2, 0.25) is 0 Å². The van der Waals surface area contributed by atoms with Crippen LogP contribution in [0, 0.1) is 5.82 Å². The molecule has 0 aliphatic carbocycles. The first-order valence-electron chi connectivity index (χ1n) is 14.7. The van der Waals surface area contributed by atoms with Gasteiger partial charge in [0.05, 0.1) is 16.9 Å². The Kier molecular flexibility index (Phi) is 9.56. The summed E-state index contributed by atoms with van der Waals surface area (Å²) in [6.45, 7) is 2.33. The zero-order valence-corrected chi connectivity index (χ0v) is 25.4. The van der Waals surface area contributed by atoms with Crippen molar-refractivity contribution in [1.29, 1.82) is 0 Å². The second kappa shape index (κ2) is 13.6. The molecule has 1 aliphatic rings. The van der Waals surface area contributed by atoms with Crippen molar-refractivity contribution in [1.82, 2.24) is 20.0 Å². The highest BCUT2D eigenvalue weighted by molar-refractivity contribution is 6.05. The Morgan fingerprint density at radius 1 is 1.04 bits per heavy atom. The van der Waals surface area contributed by atoms with E-state index in [0.29, 0.717) is 28.3 Å². The number of halogens is 4. The van der Waals surface area contributed by atoms with E-state index in [0.717, 1.165) is 24.3 Å². The van der Waals surface area contributed by atoms with Gasteiger partial charge in [-0.05, 0) is 62.0 Å². The highest BCUT2D eigenvalue weighted by Gasteiger charge is 2.46. The standard InChI is InChI=1S/C34H31F4N5O4/c1-3-42-32-29(26(20-41(2)18-8-13-27(44)45)40-43(32)25-11-5-4-6-12-25)28(21-14-16-24(35)17-15-21)30(33(42)47)39-31(46)22-9-7-10-23(19-22)34(36,37)38/h4-17,19,28,30H,3,18,20H2,1-2H3,(H,39,46)(H,44,45)/t28-,30-/m1/s1. The van der Waals surface area contributed by atoms with Crippen LogP contribution >= 0.6 is 0 Å². The average molecular weight is 650 g/mol. The first kappa shape index (κ1) is 33.1. The number of nitrogens with one attached hydrogen (secondary N) is 1. The molecular weight excluding hydrogens is 618 g/mol. The van der Waals surface area contributed by atoms with Crippen LogP contribution in [0.15, 0.2) is 91.0 Å². The van der Waals surface area contributed by atoms with Gasteiger partial charge in [0.25, 0.3) is 11.8 Å². The van der Waals surface area contributed by atoms with Gasteiger partial charge in [-0.3, -0.25) is 19.4 Å². The number of anilines is 1. The molecular formula is C34H31F4N5O4. The number of alkyl halides is 3. The van der Waals surface area contributed by atoms with E-state index in [1.807, 2.05) is 35.2 Å². The van der Waals surface area contributed by atoms with E-state index in [9.17, 15) is 31.9 Å². The normalized spacial score (nSPS) is 16.5. The number of carbonyl (C=O) groups is 3. The predicted molar refractivity (Wildman–Crippen MR) is 166 cm³/mol. The quantitative estimate of drug-likeness (QED) is 0.176. The number of carboxylic acids is 1. The minimum atomic E-state index is -4.69. The summed E-state index contributed by atoms with van der Waals surface area (Å²) in [6, 6.07) is 17.1. The number of carbonyl (C=O) groups excluding carboxylic acids is 2. The maximum atomic E-state index is 14.3. The first-order valence-corrected chi connectivity index (χ1v) is 14.7. The average Bonchev–Trinajstić information content (AvgIpc) is 3.40. The number of benzene rings is 3. The van der Waals surface area contributed by atoms with Crippen LogP contribution in [0.1, 0.15) is 45.6 Å². The van der Waals surface area contributed by atoms with Gasteiger partial charge in [-0.1, -0.05) is 42.5 Å². The van der Waals surface area contributed by atoms with Crippen molar-refractivity contribution < 1.29 is 37.1 Å². The van der Waals surface area contributed by atoms with Crippen molar-refractivity contribution in [3.63, 3.8) is 0 Å². The second-order valence-corrected chi connectivity index (χ2v) is 11.0. The minimum absolute atomic E-state index is 0.160. The molecule has 2 amide bonds. The van der Waals surface area contributed by atoms with Crippen molar-refractivity contribution in [2.24, 2.45) is 0 Å². The van der Waals surface area contributed by atoms with Crippen LogP contribution in [-0.2, 0) is 22.3 Å². The molecule has 0 spiro atoms. The number of likely N-dealkylation sites (N-methyl/N-ethyl adjacent to an activating group) is 2. The van der Waals surface area contributed by atoms with E-state index in [4.69, 9.17) is 10.2 Å². The monoisotopic (exact) mass is 649 g/mol. The number of aromatic nitrogens is 2. The van der Waals surface area contributed by atoms with Gasteiger partial charge in [0, 0.05) is 42.8 Å². The van der Waals surface area contributed by atoms with Crippen LogP contribution in [-0.4, -0.2) is 63.7 Å². The summed E-state index contributed by atoms with van der Waals surface area (Å²) < 4.78 is 56.2. The van der Waals surface area contributed by atoms with Crippen LogP contribution in [0.25, 0.3) is 5.69 Å². The van der Waals surface area contributed by atoms with Gasteiger partial charge in [0.1, 0.15) is 17.7 Å². The topological polar surface area (TPSA) is 108 Å². The molecule has 0 radical (unpaired) electrons. The lowest BCUT2D eigenvalue weighted by atomic mass is 9.80. The molecule has 4 aromatic rings. The molecule has 244 valence electrons. The molecule has 0 saturated carbocycles. The van der Waals surface area contributed by atoms with Crippen LogP contribution in [0.2, 0.25) is 0 Å². The highest BCUT2D eigenvalue weighted by atomic mass is 19.4. The van der Waals surface area contributed by atoms with Gasteiger partial charge in [0.15, 0.2) is 0 Å². The maximum Gasteiger partial charge on any atom is 0.416 e. The van der Waals surface area contributed by atoms with Crippen molar-refractivity contribution in [3.05, 3.63) is 125 Å². The van der Waals surface area contributed by atoms with E-state index < -0.39 is 47.3 Å². The van der Waals surface area contributed by atoms with Crippen LogP contribution < -0.4 is 10.2 Å². The molecule has 0 saturated heterocycles. The van der Waals surface area contributed by atoms with E-state index in [2.05, 4.69) is 5.32 Å². The Hall–Kier alpha value is -5.30. The molecule has 2 N–H and O–H groups in total. The van der Waals surface area contributed by atoms with E-state index in [1.165, 1.54) is 41.3 Å². The number of aliphatic carboxylic acids is 1. The van der Waals surface area contributed by atoms with Gasteiger partial charge in [-0.15, -0.1) is 0 Å². The molecule has 2 heterocycles. The van der Waals surface area contributed by atoms with Gasteiger partial charge >= 0.3 is 12.1 Å². The number of fused-ring (bicyclic) bond motifs is 1. The number of rotatable bonds is 10. The molecule has 47 heavy (non-hydrogen) atoms. The van der Waals surface area contributed by atoms with Gasteiger partial charge in [-0.25, -0.2) is 13.9 Å². The lowest BCUT2D eigenvalue weighted by molar-refractivity contribution is -0.137. The summed E-state index contributed by atoms with van der Waals surface area (Å²) in [5.41, 5.74) is 0.843. The third-order valence-corrected chi connectivity index (χ3v) is 7.79. The van der Waals surface area contributed by atoms with E-state index in [-0.39, 0.29) is 25.2 Å². The molecule has 13 heteroatoms. The molecule has 0 fully saturated rings. The summed E-state index contributed by atoms with van der Waals surface area (Å²) in [4.78, 5) is 42.2. The molecule has 1 aliphatic heterocycles. The first-order chi connectivity index (χ1) is 22.4. The fourth-order valence-corrected chi connectivity index (χ4v) is 5.69. The third-order valence-electron chi connectivity index (χ3n) is 7.79. The summed E-state index contributed by atoms with van der Waals surface area (Å²) >= 11 is 0. The molecule has 9 nitrogen and oxygen atoms in total. The van der Waals surface area contributed by atoms with Crippen LogP contribution in [0.4, 0.5) is 23.4 Å². The van der Waals surface area contributed by atoms with E-state index >= 15 is 0 Å². The van der Waals surface area contributed by atoms with Crippen molar-refractivity contribution in [3.8, 4) is 5.69 Å². The molecule has 5 rings (SSSR count). The van der Waals surface area contributed by atoms with Crippen LogP contribution in [0.3, 0.4) is 0 Å². The lowest BCUT2D eigenvalue weighted by Crippen LogP contribution is -2.55.